The van der Waals surface area contributed by atoms with E-state index in [1.807, 2.05) is 44.1 Å². The minimum atomic E-state index is -0.0970. The molecular formula is C14H23N3O. The van der Waals surface area contributed by atoms with E-state index in [0.717, 1.165) is 13.0 Å². The van der Waals surface area contributed by atoms with Gasteiger partial charge in [-0.3, -0.25) is 0 Å². The van der Waals surface area contributed by atoms with Crippen LogP contribution in [0.2, 0.25) is 0 Å². The first-order chi connectivity index (χ1) is 8.58. The first-order valence-corrected chi connectivity index (χ1v) is 6.31. The largest absolute Gasteiger partial charge is 0.337 e. The third-order valence-electron chi connectivity index (χ3n) is 2.61. The average molecular weight is 249 g/mol. The van der Waals surface area contributed by atoms with Gasteiger partial charge in [0, 0.05) is 19.1 Å². The monoisotopic (exact) mass is 249 g/mol. The molecular weight excluding hydrogens is 226 g/mol. The molecule has 0 aromatic heterocycles. The molecule has 1 rings (SSSR count). The van der Waals surface area contributed by atoms with Crippen LogP contribution in [0.3, 0.4) is 0 Å². The van der Waals surface area contributed by atoms with Gasteiger partial charge in [-0.25, -0.2) is 4.79 Å². The Labute approximate surface area is 109 Å². The Morgan fingerprint density at radius 1 is 1.28 bits per heavy atom. The van der Waals surface area contributed by atoms with Gasteiger partial charge in [-0.15, -0.1) is 0 Å². The quantitative estimate of drug-likeness (QED) is 0.802. The van der Waals surface area contributed by atoms with Crippen molar-refractivity contribution >= 4 is 6.03 Å². The van der Waals surface area contributed by atoms with Gasteiger partial charge < -0.3 is 15.5 Å². The van der Waals surface area contributed by atoms with Crippen LogP contribution >= 0.6 is 0 Å². The summed E-state index contributed by atoms with van der Waals surface area (Å²) in [7, 11) is 3.97. The standard InChI is InChI=1S/C14H23N3O/c1-12(11-13-7-5-4-6-8-13)16-14(18)15-9-10-17(2)3/h4-8,12H,9-11H2,1-3H3,(H2,15,16,18)/t12-/m0/s1. The number of hydrogen-bond acceptors (Lipinski definition) is 2. The highest BCUT2D eigenvalue weighted by molar-refractivity contribution is 5.74. The Hall–Kier alpha value is -1.55. The lowest BCUT2D eigenvalue weighted by Crippen LogP contribution is -2.43. The van der Waals surface area contributed by atoms with E-state index >= 15 is 0 Å². The lowest BCUT2D eigenvalue weighted by molar-refractivity contribution is 0.236. The van der Waals surface area contributed by atoms with E-state index in [0.29, 0.717) is 6.54 Å². The van der Waals surface area contributed by atoms with E-state index in [2.05, 4.69) is 22.8 Å². The molecule has 0 aliphatic carbocycles. The highest BCUT2D eigenvalue weighted by Gasteiger charge is 2.07. The molecule has 0 spiro atoms. The van der Waals surface area contributed by atoms with Crippen LogP contribution < -0.4 is 10.6 Å². The molecule has 0 aliphatic heterocycles. The van der Waals surface area contributed by atoms with Gasteiger partial charge in [-0.05, 0) is 33.0 Å². The topological polar surface area (TPSA) is 44.4 Å². The van der Waals surface area contributed by atoms with Gasteiger partial charge in [0.1, 0.15) is 0 Å². The van der Waals surface area contributed by atoms with E-state index in [4.69, 9.17) is 0 Å². The number of carbonyl (C=O) groups excluding carboxylic acids is 1. The molecule has 100 valence electrons. The minimum Gasteiger partial charge on any atom is -0.337 e. The van der Waals surface area contributed by atoms with E-state index < -0.39 is 0 Å². The minimum absolute atomic E-state index is 0.0970. The molecule has 0 heterocycles. The molecule has 0 aliphatic rings. The molecule has 0 saturated carbocycles. The summed E-state index contributed by atoms with van der Waals surface area (Å²) in [6.07, 6.45) is 0.849. The number of hydrogen-bond donors (Lipinski definition) is 2. The van der Waals surface area contributed by atoms with Crippen molar-refractivity contribution in [2.24, 2.45) is 0 Å². The third-order valence-corrected chi connectivity index (χ3v) is 2.61. The summed E-state index contributed by atoms with van der Waals surface area (Å²) in [4.78, 5) is 13.6. The summed E-state index contributed by atoms with van der Waals surface area (Å²) >= 11 is 0. The second-order valence-corrected chi connectivity index (χ2v) is 4.79. The molecule has 18 heavy (non-hydrogen) atoms. The first kappa shape index (κ1) is 14.5. The zero-order valence-corrected chi connectivity index (χ0v) is 11.4. The van der Waals surface area contributed by atoms with Crippen molar-refractivity contribution in [2.45, 2.75) is 19.4 Å². The van der Waals surface area contributed by atoms with Gasteiger partial charge in [0.25, 0.3) is 0 Å². The Bertz CT molecular complexity index is 351. The smallest absolute Gasteiger partial charge is 0.315 e. The van der Waals surface area contributed by atoms with Crippen LogP contribution in [0.25, 0.3) is 0 Å². The molecule has 0 fully saturated rings. The maximum Gasteiger partial charge on any atom is 0.315 e. The second kappa shape index (κ2) is 7.71. The van der Waals surface area contributed by atoms with Gasteiger partial charge in [0.15, 0.2) is 0 Å². The summed E-state index contributed by atoms with van der Waals surface area (Å²) in [6, 6.07) is 10.2. The fourth-order valence-electron chi connectivity index (χ4n) is 1.69. The van der Waals surface area contributed by atoms with Crippen molar-refractivity contribution in [3.63, 3.8) is 0 Å². The summed E-state index contributed by atoms with van der Waals surface area (Å²) in [5.74, 6) is 0. The Morgan fingerprint density at radius 3 is 2.56 bits per heavy atom. The van der Waals surface area contributed by atoms with Crippen molar-refractivity contribution in [2.75, 3.05) is 27.2 Å². The maximum atomic E-state index is 11.6. The third kappa shape index (κ3) is 6.25. The van der Waals surface area contributed by atoms with Gasteiger partial charge >= 0.3 is 6.03 Å². The second-order valence-electron chi connectivity index (χ2n) is 4.79. The van der Waals surface area contributed by atoms with Crippen LogP contribution in [0.1, 0.15) is 12.5 Å². The molecule has 0 unspecified atom stereocenters. The molecule has 0 saturated heterocycles. The molecule has 0 bridgehead atoms. The number of carbonyl (C=O) groups is 1. The summed E-state index contributed by atoms with van der Waals surface area (Å²) in [5, 5.41) is 5.77. The van der Waals surface area contributed by atoms with Crippen molar-refractivity contribution < 1.29 is 4.79 Å². The predicted molar refractivity (Wildman–Crippen MR) is 74.7 cm³/mol. The number of amides is 2. The number of benzene rings is 1. The van der Waals surface area contributed by atoms with Crippen LogP contribution in [0.4, 0.5) is 4.79 Å². The molecule has 1 atom stereocenters. The lowest BCUT2D eigenvalue weighted by Gasteiger charge is -2.16. The average Bonchev–Trinajstić information content (AvgIpc) is 2.29. The number of rotatable bonds is 6. The number of nitrogens with zero attached hydrogens (tertiary/aromatic N) is 1. The van der Waals surface area contributed by atoms with Crippen LogP contribution in [0.5, 0.6) is 0 Å². The zero-order valence-electron chi connectivity index (χ0n) is 11.4. The van der Waals surface area contributed by atoms with E-state index in [1.165, 1.54) is 5.56 Å². The summed E-state index contributed by atoms with van der Waals surface area (Å²) in [5.41, 5.74) is 1.23. The fourth-order valence-corrected chi connectivity index (χ4v) is 1.69. The zero-order chi connectivity index (χ0) is 13.4. The normalized spacial score (nSPS) is 12.2. The van der Waals surface area contributed by atoms with Crippen LogP contribution in [-0.2, 0) is 6.42 Å². The maximum absolute atomic E-state index is 11.6. The van der Waals surface area contributed by atoms with Gasteiger partial charge in [0.05, 0.1) is 0 Å². The van der Waals surface area contributed by atoms with Gasteiger partial charge in [-0.1, -0.05) is 30.3 Å². The number of nitrogens with one attached hydrogen (secondary N) is 2. The SMILES string of the molecule is C[C@@H](Cc1ccccc1)NC(=O)NCCN(C)C. The summed E-state index contributed by atoms with van der Waals surface area (Å²) < 4.78 is 0. The van der Waals surface area contributed by atoms with Crippen molar-refractivity contribution in [1.82, 2.24) is 15.5 Å². The molecule has 2 N–H and O–H groups in total. The predicted octanol–water partition coefficient (Wildman–Crippen LogP) is 1.48. The Morgan fingerprint density at radius 2 is 1.94 bits per heavy atom. The molecule has 1 aromatic carbocycles. The number of urea groups is 1. The van der Waals surface area contributed by atoms with Crippen LogP contribution in [0.15, 0.2) is 30.3 Å². The van der Waals surface area contributed by atoms with Gasteiger partial charge in [-0.2, -0.15) is 0 Å². The van der Waals surface area contributed by atoms with E-state index in [-0.39, 0.29) is 12.1 Å². The highest BCUT2D eigenvalue weighted by atomic mass is 16.2. The molecule has 4 heteroatoms. The molecule has 0 radical (unpaired) electrons. The van der Waals surface area contributed by atoms with Crippen molar-refractivity contribution in [3.8, 4) is 0 Å². The van der Waals surface area contributed by atoms with Crippen LogP contribution in [-0.4, -0.2) is 44.2 Å². The van der Waals surface area contributed by atoms with Crippen molar-refractivity contribution in [1.29, 1.82) is 0 Å². The van der Waals surface area contributed by atoms with E-state index in [1.54, 1.807) is 0 Å². The Kier molecular flexibility index (Phi) is 6.22. The van der Waals surface area contributed by atoms with E-state index in [9.17, 15) is 4.79 Å². The lowest BCUT2D eigenvalue weighted by atomic mass is 10.1. The summed E-state index contributed by atoms with van der Waals surface area (Å²) in [6.45, 7) is 3.52. The highest BCUT2D eigenvalue weighted by Crippen LogP contribution is 2.02. The molecule has 2 amide bonds. The van der Waals surface area contributed by atoms with Crippen molar-refractivity contribution in [3.05, 3.63) is 35.9 Å². The van der Waals surface area contributed by atoms with Gasteiger partial charge in [0.2, 0.25) is 0 Å². The molecule has 4 nitrogen and oxygen atoms in total. The Balaban J connectivity index is 2.23. The fraction of sp³-hybridized carbons (Fsp3) is 0.500. The number of likely N-dealkylation sites (N-methyl/N-ethyl adjacent to an activating group) is 1. The van der Waals surface area contributed by atoms with Crippen LogP contribution in [0, 0.1) is 0 Å². The molecule has 1 aromatic rings. The first-order valence-electron chi connectivity index (χ1n) is 6.31.